The van der Waals surface area contributed by atoms with E-state index >= 15 is 0 Å². The van der Waals surface area contributed by atoms with Crippen molar-refractivity contribution in [2.24, 2.45) is 11.8 Å². The number of hydrogen-bond donors (Lipinski definition) is 1. The Morgan fingerprint density at radius 3 is 2.27 bits per heavy atom. The highest BCUT2D eigenvalue weighted by molar-refractivity contribution is 7.90. The average Bonchev–Trinajstić information content (AvgIpc) is 2.72. The number of nitrogens with zero attached hydrogens (tertiary/aromatic N) is 1. The zero-order chi connectivity index (χ0) is 24.2. The summed E-state index contributed by atoms with van der Waals surface area (Å²) in [6.07, 6.45) is 2.15. The van der Waals surface area contributed by atoms with Crippen LogP contribution in [-0.2, 0) is 19.9 Å². The molecule has 2 aromatic carbocycles. The van der Waals surface area contributed by atoms with Crippen molar-refractivity contribution in [3.8, 4) is 5.75 Å². The molecule has 0 aromatic heterocycles. The number of amides is 1. The fourth-order valence-corrected chi connectivity index (χ4v) is 5.97. The Balaban J connectivity index is 1.65. The number of piperidine rings is 1. The van der Waals surface area contributed by atoms with E-state index in [0.29, 0.717) is 41.9 Å². The second-order valence-corrected chi connectivity index (χ2v) is 13.0. The third-order valence-corrected chi connectivity index (χ3v) is 8.16. The van der Waals surface area contributed by atoms with Gasteiger partial charge in [0.15, 0.2) is 9.84 Å². The molecular formula is C23H30N2O6S2. The van der Waals surface area contributed by atoms with Gasteiger partial charge in [-0.3, -0.25) is 4.79 Å². The molecule has 1 heterocycles. The van der Waals surface area contributed by atoms with E-state index in [2.05, 4.69) is 19.2 Å². The molecule has 10 heteroatoms. The van der Waals surface area contributed by atoms with Crippen LogP contribution in [0.5, 0.6) is 5.75 Å². The van der Waals surface area contributed by atoms with Crippen LogP contribution < -0.4 is 10.1 Å². The fraction of sp³-hybridized carbons (Fsp3) is 0.435. The highest BCUT2D eigenvalue weighted by Gasteiger charge is 2.31. The summed E-state index contributed by atoms with van der Waals surface area (Å²) in [5.74, 6) is 0.545. The number of hydrogen-bond acceptors (Lipinski definition) is 6. The van der Waals surface area contributed by atoms with Crippen LogP contribution in [-0.4, -0.2) is 58.8 Å². The molecule has 0 bridgehead atoms. The summed E-state index contributed by atoms with van der Waals surface area (Å²) in [6.45, 7) is 5.12. The average molecular weight is 495 g/mol. The van der Waals surface area contributed by atoms with Crippen molar-refractivity contribution in [1.82, 2.24) is 4.31 Å². The summed E-state index contributed by atoms with van der Waals surface area (Å²) in [5, 5.41) is 2.74. The largest absolute Gasteiger partial charge is 0.492 e. The first-order valence-electron chi connectivity index (χ1n) is 10.8. The maximum atomic E-state index is 13.0. The van der Waals surface area contributed by atoms with Gasteiger partial charge in [-0.2, -0.15) is 4.31 Å². The number of anilines is 1. The lowest BCUT2D eigenvalue weighted by molar-refractivity contribution is 0.102. The molecule has 2 unspecified atom stereocenters. The minimum Gasteiger partial charge on any atom is -0.492 e. The van der Waals surface area contributed by atoms with Crippen LogP contribution in [0.2, 0.25) is 0 Å². The molecule has 0 spiro atoms. The Labute approximate surface area is 195 Å². The number of carbonyl (C=O) groups is 1. The molecule has 3 rings (SSSR count). The van der Waals surface area contributed by atoms with Crippen LogP contribution in [0, 0.1) is 11.8 Å². The lowest BCUT2D eigenvalue weighted by atomic mass is 9.94. The first-order chi connectivity index (χ1) is 15.4. The van der Waals surface area contributed by atoms with Gasteiger partial charge in [0.1, 0.15) is 12.4 Å². The molecule has 2 atom stereocenters. The molecule has 0 saturated carbocycles. The Morgan fingerprint density at radius 1 is 1.03 bits per heavy atom. The lowest BCUT2D eigenvalue weighted by Gasteiger charge is -2.34. The molecule has 1 amide bonds. The van der Waals surface area contributed by atoms with Crippen molar-refractivity contribution in [2.45, 2.75) is 25.2 Å². The molecule has 1 aliphatic rings. The third-order valence-electron chi connectivity index (χ3n) is 5.40. The third kappa shape index (κ3) is 7.02. The lowest BCUT2D eigenvalue weighted by Crippen LogP contribution is -2.42. The molecule has 180 valence electrons. The van der Waals surface area contributed by atoms with Crippen LogP contribution in [0.1, 0.15) is 30.6 Å². The van der Waals surface area contributed by atoms with E-state index < -0.39 is 25.8 Å². The normalized spacial score (nSPS) is 19.7. The van der Waals surface area contributed by atoms with E-state index in [4.69, 9.17) is 4.74 Å². The smallest absolute Gasteiger partial charge is 0.255 e. The van der Waals surface area contributed by atoms with E-state index in [1.54, 1.807) is 24.3 Å². The van der Waals surface area contributed by atoms with E-state index in [1.165, 1.54) is 28.6 Å². The van der Waals surface area contributed by atoms with Crippen molar-refractivity contribution < 1.29 is 26.4 Å². The molecule has 1 aliphatic heterocycles. The van der Waals surface area contributed by atoms with Crippen LogP contribution in [0.3, 0.4) is 0 Å². The van der Waals surface area contributed by atoms with Gasteiger partial charge in [0, 0.05) is 36.7 Å². The van der Waals surface area contributed by atoms with Crippen LogP contribution in [0.25, 0.3) is 0 Å². The molecule has 0 radical (unpaired) electrons. The summed E-state index contributed by atoms with van der Waals surface area (Å²) >= 11 is 0. The van der Waals surface area contributed by atoms with Crippen LogP contribution in [0.4, 0.5) is 5.69 Å². The predicted molar refractivity (Wildman–Crippen MR) is 128 cm³/mol. The molecule has 33 heavy (non-hydrogen) atoms. The number of rotatable bonds is 8. The van der Waals surface area contributed by atoms with Crippen LogP contribution in [0.15, 0.2) is 53.4 Å². The molecule has 0 aliphatic carbocycles. The first kappa shape index (κ1) is 25.2. The number of nitrogens with one attached hydrogen (secondary N) is 1. The van der Waals surface area contributed by atoms with Gasteiger partial charge in [-0.05, 0) is 54.7 Å². The summed E-state index contributed by atoms with van der Waals surface area (Å²) in [4.78, 5) is 12.8. The predicted octanol–water partition coefficient (Wildman–Crippen LogP) is 3.03. The molecule has 1 saturated heterocycles. The zero-order valence-electron chi connectivity index (χ0n) is 19.0. The zero-order valence-corrected chi connectivity index (χ0v) is 20.7. The fourth-order valence-electron chi connectivity index (χ4n) is 3.91. The quantitative estimate of drug-likeness (QED) is 0.604. The molecule has 1 N–H and O–H groups in total. The van der Waals surface area contributed by atoms with Gasteiger partial charge >= 0.3 is 0 Å². The second-order valence-electron chi connectivity index (χ2n) is 8.75. The van der Waals surface area contributed by atoms with Crippen molar-refractivity contribution >= 4 is 31.5 Å². The summed E-state index contributed by atoms with van der Waals surface area (Å²) < 4.78 is 55.4. The Bertz CT molecular complexity index is 1180. The highest BCUT2D eigenvalue weighted by atomic mass is 32.2. The number of sulfone groups is 1. The maximum absolute atomic E-state index is 13.0. The van der Waals surface area contributed by atoms with E-state index in [1.807, 2.05) is 0 Å². The van der Waals surface area contributed by atoms with Crippen molar-refractivity contribution in [2.75, 3.05) is 37.0 Å². The molecule has 2 aromatic rings. The SMILES string of the molecule is CC1CC(C)CN(S(=O)(=O)c2ccc(C(=O)Nc3cccc(OCCS(C)(=O)=O)c3)cc2)C1. The van der Waals surface area contributed by atoms with E-state index in [0.717, 1.165) is 12.7 Å². The van der Waals surface area contributed by atoms with Gasteiger partial charge in [0.25, 0.3) is 5.91 Å². The van der Waals surface area contributed by atoms with Gasteiger partial charge in [-0.1, -0.05) is 19.9 Å². The van der Waals surface area contributed by atoms with E-state index in [9.17, 15) is 21.6 Å². The Kier molecular flexibility index (Phi) is 7.81. The number of sulfonamides is 1. The summed E-state index contributed by atoms with van der Waals surface area (Å²) in [6, 6.07) is 12.5. The summed E-state index contributed by atoms with van der Waals surface area (Å²) in [5.41, 5.74) is 0.794. The van der Waals surface area contributed by atoms with Gasteiger partial charge in [0.2, 0.25) is 10.0 Å². The molecule has 1 fully saturated rings. The highest BCUT2D eigenvalue weighted by Crippen LogP contribution is 2.27. The van der Waals surface area contributed by atoms with Gasteiger partial charge in [-0.25, -0.2) is 16.8 Å². The maximum Gasteiger partial charge on any atom is 0.255 e. The second kappa shape index (κ2) is 10.2. The topological polar surface area (TPSA) is 110 Å². The number of benzene rings is 2. The van der Waals surface area contributed by atoms with Gasteiger partial charge in [-0.15, -0.1) is 0 Å². The minimum absolute atomic E-state index is 0.0146. The molecule has 8 nitrogen and oxygen atoms in total. The monoisotopic (exact) mass is 494 g/mol. The Morgan fingerprint density at radius 2 is 1.67 bits per heavy atom. The first-order valence-corrected chi connectivity index (χ1v) is 14.3. The van der Waals surface area contributed by atoms with Gasteiger partial charge in [0.05, 0.1) is 10.6 Å². The van der Waals surface area contributed by atoms with Crippen molar-refractivity contribution in [1.29, 1.82) is 0 Å². The summed E-state index contributed by atoms with van der Waals surface area (Å²) in [7, 11) is -6.74. The minimum atomic E-state index is -3.61. The molecular weight excluding hydrogens is 464 g/mol. The van der Waals surface area contributed by atoms with Gasteiger partial charge < -0.3 is 10.1 Å². The van der Waals surface area contributed by atoms with Crippen LogP contribution >= 0.6 is 0 Å². The number of ether oxygens (including phenoxy) is 1. The van der Waals surface area contributed by atoms with Crippen molar-refractivity contribution in [3.05, 3.63) is 54.1 Å². The number of carbonyl (C=O) groups excluding carboxylic acids is 1. The van der Waals surface area contributed by atoms with E-state index in [-0.39, 0.29) is 17.3 Å². The standard InChI is InChI=1S/C23H30N2O6S2/c1-17-13-18(2)16-25(15-17)33(29,30)22-9-7-19(8-10-22)23(26)24-20-5-4-6-21(14-20)31-11-12-32(3,27)28/h4-10,14,17-18H,11-13,15-16H2,1-3H3,(H,24,26). The van der Waals surface area contributed by atoms with Crippen molar-refractivity contribution in [3.63, 3.8) is 0 Å². The Hall–Kier alpha value is -2.43.